The van der Waals surface area contributed by atoms with Gasteiger partial charge in [-0.05, 0) is 23.6 Å². The summed E-state index contributed by atoms with van der Waals surface area (Å²) in [5.41, 5.74) is 7.43. The van der Waals surface area contributed by atoms with Crippen LogP contribution < -0.4 is 10.5 Å². The van der Waals surface area contributed by atoms with Crippen LogP contribution in [0.2, 0.25) is 0 Å². The van der Waals surface area contributed by atoms with E-state index >= 15 is 0 Å². The molecule has 0 aliphatic heterocycles. The van der Waals surface area contributed by atoms with Crippen LogP contribution in [0.4, 0.5) is 5.82 Å². The average Bonchev–Trinajstić information content (AvgIpc) is 2.38. The van der Waals surface area contributed by atoms with Gasteiger partial charge in [0.2, 0.25) is 5.88 Å². The third-order valence-corrected chi connectivity index (χ3v) is 2.75. The molecule has 0 radical (unpaired) electrons. The van der Waals surface area contributed by atoms with Gasteiger partial charge in [-0.1, -0.05) is 26.0 Å². The van der Waals surface area contributed by atoms with Gasteiger partial charge in [0.05, 0.1) is 12.2 Å². The van der Waals surface area contributed by atoms with E-state index in [0.29, 0.717) is 17.4 Å². The van der Waals surface area contributed by atoms with E-state index in [2.05, 4.69) is 9.97 Å². The lowest BCUT2D eigenvalue weighted by Gasteiger charge is -2.14. The summed E-state index contributed by atoms with van der Waals surface area (Å²) in [6.45, 7) is 3.98. The van der Waals surface area contributed by atoms with Crippen LogP contribution >= 0.6 is 0 Å². The number of aromatic nitrogens is 2. The van der Waals surface area contributed by atoms with E-state index in [0.717, 1.165) is 11.1 Å². The molecule has 3 N–H and O–H groups in total. The van der Waals surface area contributed by atoms with E-state index in [1.165, 1.54) is 6.33 Å². The number of nitrogens with zero attached hydrogens (tertiary/aromatic N) is 2. The molecule has 1 heterocycles. The van der Waals surface area contributed by atoms with Crippen molar-refractivity contribution < 1.29 is 9.84 Å². The first kappa shape index (κ1) is 13.3. The van der Waals surface area contributed by atoms with Crippen molar-refractivity contribution in [1.29, 1.82) is 0 Å². The van der Waals surface area contributed by atoms with Gasteiger partial charge in [0.1, 0.15) is 17.9 Å². The zero-order chi connectivity index (χ0) is 13.8. The molecule has 1 aromatic carbocycles. The van der Waals surface area contributed by atoms with Crippen molar-refractivity contribution in [1.82, 2.24) is 9.97 Å². The van der Waals surface area contributed by atoms with Gasteiger partial charge in [0.25, 0.3) is 0 Å². The number of aliphatic hydroxyl groups excluding tert-OH is 1. The van der Waals surface area contributed by atoms with Gasteiger partial charge in [-0.25, -0.2) is 9.97 Å². The largest absolute Gasteiger partial charge is 0.439 e. The number of nitrogens with two attached hydrogens (primary N) is 1. The van der Waals surface area contributed by atoms with Crippen molar-refractivity contribution in [2.24, 2.45) is 0 Å². The highest BCUT2D eigenvalue weighted by molar-refractivity contribution is 5.48. The molecular formula is C14H17N3O2. The van der Waals surface area contributed by atoms with Gasteiger partial charge in [-0.3, -0.25) is 0 Å². The summed E-state index contributed by atoms with van der Waals surface area (Å²) < 4.78 is 5.75. The standard InChI is InChI=1S/C14H17N3O2/c1-9(2)12-13(15)16-8-17-14(12)19-11-5-3-4-10(6-11)7-18/h3-6,8-9,18H,7H2,1-2H3,(H2,15,16,17). The van der Waals surface area contributed by atoms with Crippen LogP contribution in [0.15, 0.2) is 30.6 Å². The van der Waals surface area contributed by atoms with Crippen LogP contribution in [0.3, 0.4) is 0 Å². The predicted molar refractivity (Wildman–Crippen MR) is 73.0 cm³/mol. The molecule has 0 saturated carbocycles. The monoisotopic (exact) mass is 259 g/mol. The SMILES string of the molecule is CC(C)c1c(N)ncnc1Oc1cccc(CO)c1. The number of aliphatic hydroxyl groups is 1. The zero-order valence-corrected chi connectivity index (χ0v) is 11.0. The molecule has 0 unspecified atom stereocenters. The number of anilines is 1. The first-order valence-corrected chi connectivity index (χ1v) is 6.10. The van der Waals surface area contributed by atoms with Crippen molar-refractivity contribution in [3.05, 3.63) is 41.7 Å². The lowest BCUT2D eigenvalue weighted by molar-refractivity contribution is 0.281. The molecule has 5 heteroatoms. The molecule has 19 heavy (non-hydrogen) atoms. The minimum atomic E-state index is -0.0276. The topological polar surface area (TPSA) is 81.3 Å². The normalized spacial score (nSPS) is 10.7. The predicted octanol–water partition coefficient (Wildman–Crippen LogP) is 2.47. The molecule has 0 aliphatic rings. The highest BCUT2D eigenvalue weighted by atomic mass is 16.5. The number of benzene rings is 1. The molecule has 1 aromatic heterocycles. The molecule has 0 amide bonds. The summed E-state index contributed by atoms with van der Waals surface area (Å²) in [6, 6.07) is 7.22. The quantitative estimate of drug-likeness (QED) is 0.881. The summed E-state index contributed by atoms with van der Waals surface area (Å²) in [4.78, 5) is 8.12. The Morgan fingerprint density at radius 1 is 1.32 bits per heavy atom. The summed E-state index contributed by atoms with van der Waals surface area (Å²) in [6.07, 6.45) is 1.38. The van der Waals surface area contributed by atoms with Crippen LogP contribution in [0, 0.1) is 0 Å². The van der Waals surface area contributed by atoms with Crippen LogP contribution in [0.25, 0.3) is 0 Å². The molecule has 0 saturated heterocycles. The molecule has 2 aromatic rings. The number of ether oxygens (including phenoxy) is 1. The zero-order valence-electron chi connectivity index (χ0n) is 11.0. The maximum atomic E-state index is 9.11. The fourth-order valence-corrected chi connectivity index (χ4v) is 1.84. The minimum absolute atomic E-state index is 0.0276. The molecule has 0 bridgehead atoms. The molecule has 5 nitrogen and oxygen atoms in total. The second-order valence-electron chi connectivity index (χ2n) is 4.54. The Hall–Kier alpha value is -2.14. The Balaban J connectivity index is 2.35. The van der Waals surface area contributed by atoms with Crippen LogP contribution in [0.5, 0.6) is 11.6 Å². The van der Waals surface area contributed by atoms with Gasteiger partial charge >= 0.3 is 0 Å². The summed E-state index contributed by atoms with van der Waals surface area (Å²) in [5.74, 6) is 1.67. The Labute approximate surface area is 112 Å². The van der Waals surface area contributed by atoms with Crippen molar-refractivity contribution in [3.8, 4) is 11.6 Å². The molecule has 0 fully saturated rings. The number of hydrogen-bond donors (Lipinski definition) is 2. The maximum Gasteiger partial charge on any atom is 0.227 e. The van der Waals surface area contributed by atoms with Gasteiger partial charge in [-0.15, -0.1) is 0 Å². The van der Waals surface area contributed by atoms with Crippen LogP contribution in [0.1, 0.15) is 30.9 Å². The third kappa shape index (κ3) is 3.00. The minimum Gasteiger partial charge on any atom is -0.439 e. The Morgan fingerprint density at radius 3 is 2.79 bits per heavy atom. The Morgan fingerprint density at radius 2 is 2.11 bits per heavy atom. The first-order chi connectivity index (χ1) is 9.11. The smallest absolute Gasteiger partial charge is 0.227 e. The highest BCUT2D eigenvalue weighted by Crippen LogP contribution is 2.31. The highest BCUT2D eigenvalue weighted by Gasteiger charge is 2.14. The van der Waals surface area contributed by atoms with E-state index in [1.54, 1.807) is 6.07 Å². The molecule has 0 atom stereocenters. The van der Waals surface area contributed by atoms with Crippen molar-refractivity contribution >= 4 is 5.82 Å². The molecule has 2 rings (SSSR count). The molecule has 0 spiro atoms. The van der Waals surface area contributed by atoms with E-state index in [9.17, 15) is 0 Å². The van der Waals surface area contributed by atoms with E-state index in [-0.39, 0.29) is 12.5 Å². The van der Waals surface area contributed by atoms with Gasteiger partial charge in [0, 0.05) is 0 Å². The van der Waals surface area contributed by atoms with Crippen molar-refractivity contribution in [2.45, 2.75) is 26.4 Å². The fraction of sp³-hybridized carbons (Fsp3) is 0.286. The van der Waals surface area contributed by atoms with E-state index < -0.39 is 0 Å². The number of hydrogen-bond acceptors (Lipinski definition) is 5. The third-order valence-electron chi connectivity index (χ3n) is 2.75. The van der Waals surface area contributed by atoms with Crippen molar-refractivity contribution in [3.63, 3.8) is 0 Å². The lowest BCUT2D eigenvalue weighted by Crippen LogP contribution is -2.04. The summed E-state index contributed by atoms with van der Waals surface area (Å²) >= 11 is 0. The molecule has 0 aliphatic carbocycles. The fourth-order valence-electron chi connectivity index (χ4n) is 1.84. The van der Waals surface area contributed by atoms with E-state index in [1.807, 2.05) is 32.0 Å². The summed E-state index contributed by atoms with van der Waals surface area (Å²) in [5, 5.41) is 9.11. The van der Waals surface area contributed by atoms with Gasteiger partial charge in [-0.2, -0.15) is 0 Å². The van der Waals surface area contributed by atoms with Crippen molar-refractivity contribution in [2.75, 3.05) is 5.73 Å². The molecular weight excluding hydrogens is 242 g/mol. The molecule has 100 valence electrons. The summed E-state index contributed by atoms with van der Waals surface area (Å²) in [7, 11) is 0. The number of nitrogen functional groups attached to an aromatic ring is 1. The Bertz CT molecular complexity index is 570. The number of rotatable bonds is 4. The first-order valence-electron chi connectivity index (χ1n) is 6.10. The Kier molecular flexibility index (Phi) is 3.97. The maximum absolute atomic E-state index is 9.11. The average molecular weight is 259 g/mol. The van der Waals surface area contributed by atoms with Crippen LogP contribution in [-0.2, 0) is 6.61 Å². The second kappa shape index (κ2) is 5.67. The lowest BCUT2D eigenvalue weighted by atomic mass is 10.1. The van der Waals surface area contributed by atoms with Gasteiger partial charge in [0.15, 0.2) is 0 Å². The second-order valence-corrected chi connectivity index (χ2v) is 4.54. The van der Waals surface area contributed by atoms with E-state index in [4.69, 9.17) is 15.6 Å². The van der Waals surface area contributed by atoms with Gasteiger partial charge < -0.3 is 15.6 Å². The van der Waals surface area contributed by atoms with Crippen LogP contribution in [-0.4, -0.2) is 15.1 Å².